The molecule has 11 nitrogen and oxygen atoms in total. The Morgan fingerprint density at radius 1 is 1.03 bits per heavy atom. The molecule has 0 bridgehead atoms. The SMILES string of the molecule is CC(C)(C)Nc1nc(NCc2ccccc2)nc(NN=Cc2ccc(-c3ccc([N+](=O)[O-])cc3Cl)o2)n1. The monoisotopic (exact) mass is 520 g/mol. The average Bonchev–Trinajstić information content (AvgIpc) is 3.30. The number of aromatic nitrogens is 3. The molecule has 2 aromatic carbocycles. The maximum absolute atomic E-state index is 10.9. The van der Waals surface area contributed by atoms with Crippen LogP contribution in [0.4, 0.5) is 23.5 Å². The molecule has 12 heteroatoms. The summed E-state index contributed by atoms with van der Waals surface area (Å²) >= 11 is 6.20. The molecule has 2 aromatic heterocycles. The van der Waals surface area contributed by atoms with Crippen molar-refractivity contribution in [1.29, 1.82) is 0 Å². The molecule has 0 saturated heterocycles. The summed E-state index contributed by atoms with van der Waals surface area (Å²) in [4.78, 5) is 23.7. The molecule has 4 aromatic rings. The normalized spacial score (nSPS) is 11.5. The molecule has 37 heavy (non-hydrogen) atoms. The lowest BCUT2D eigenvalue weighted by molar-refractivity contribution is -0.384. The Labute approximate surface area is 218 Å². The van der Waals surface area contributed by atoms with Crippen LogP contribution in [0.15, 0.2) is 70.2 Å². The summed E-state index contributed by atoms with van der Waals surface area (Å²) in [6, 6.07) is 17.5. The third kappa shape index (κ3) is 7.24. The molecule has 0 aliphatic heterocycles. The van der Waals surface area contributed by atoms with Gasteiger partial charge >= 0.3 is 0 Å². The maximum Gasteiger partial charge on any atom is 0.270 e. The molecule has 0 aliphatic rings. The zero-order valence-corrected chi connectivity index (χ0v) is 21.2. The quantitative estimate of drug-likeness (QED) is 0.138. The molecule has 0 fully saturated rings. The number of non-ortho nitro benzene ring substituents is 1. The van der Waals surface area contributed by atoms with Crippen LogP contribution >= 0.6 is 11.6 Å². The number of benzene rings is 2. The topological polar surface area (TPSA) is 143 Å². The van der Waals surface area contributed by atoms with Gasteiger partial charge in [-0.2, -0.15) is 20.1 Å². The Balaban J connectivity index is 1.48. The number of halogens is 1. The van der Waals surface area contributed by atoms with E-state index in [4.69, 9.17) is 16.0 Å². The number of hydrazone groups is 1. The van der Waals surface area contributed by atoms with Crippen molar-refractivity contribution < 1.29 is 9.34 Å². The Bertz CT molecular complexity index is 1420. The van der Waals surface area contributed by atoms with E-state index in [0.717, 1.165) is 5.56 Å². The summed E-state index contributed by atoms with van der Waals surface area (Å²) < 4.78 is 5.77. The van der Waals surface area contributed by atoms with Crippen LogP contribution in [0.5, 0.6) is 0 Å². The van der Waals surface area contributed by atoms with Crippen LogP contribution < -0.4 is 16.1 Å². The molecule has 0 radical (unpaired) electrons. The molecule has 0 aliphatic carbocycles. The van der Waals surface area contributed by atoms with Gasteiger partial charge in [0.1, 0.15) is 11.5 Å². The van der Waals surface area contributed by atoms with E-state index in [9.17, 15) is 10.1 Å². The highest BCUT2D eigenvalue weighted by Gasteiger charge is 2.15. The van der Waals surface area contributed by atoms with Crippen LogP contribution in [-0.2, 0) is 6.54 Å². The highest BCUT2D eigenvalue weighted by molar-refractivity contribution is 6.33. The van der Waals surface area contributed by atoms with Gasteiger partial charge in [0.25, 0.3) is 5.69 Å². The second-order valence-corrected chi connectivity index (χ2v) is 9.42. The first-order chi connectivity index (χ1) is 17.7. The lowest BCUT2D eigenvalue weighted by atomic mass is 10.1. The van der Waals surface area contributed by atoms with E-state index >= 15 is 0 Å². The smallest absolute Gasteiger partial charge is 0.270 e. The molecule has 0 amide bonds. The fraction of sp³-hybridized carbons (Fsp3) is 0.200. The van der Waals surface area contributed by atoms with E-state index in [0.29, 0.717) is 35.5 Å². The van der Waals surface area contributed by atoms with Gasteiger partial charge in [0.2, 0.25) is 17.8 Å². The van der Waals surface area contributed by atoms with Crippen molar-refractivity contribution in [2.24, 2.45) is 5.10 Å². The summed E-state index contributed by atoms with van der Waals surface area (Å²) in [5, 5.41) is 21.8. The van der Waals surface area contributed by atoms with E-state index in [1.165, 1.54) is 24.4 Å². The summed E-state index contributed by atoms with van der Waals surface area (Å²) in [7, 11) is 0. The van der Waals surface area contributed by atoms with Gasteiger partial charge in [-0.15, -0.1) is 0 Å². The minimum atomic E-state index is -0.506. The van der Waals surface area contributed by atoms with Gasteiger partial charge < -0.3 is 15.1 Å². The van der Waals surface area contributed by atoms with Crippen molar-refractivity contribution in [2.75, 3.05) is 16.1 Å². The minimum Gasteiger partial charge on any atom is -0.455 e. The van der Waals surface area contributed by atoms with Crippen molar-refractivity contribution in [3.05, 3.63) is 87.1 Å². The minimum absolute atomic E-state index is 0.0957. The lowest BCUT2D eigenvalue weighted by Gasteiger charge is -2.20. The Morgan fingerprint density at radius 2 is 1.76 bits per heavy atom. The lowest BCUT2D eigenvalue weighted by Crippen LogP contribution is -2.28. The molecule has 190 valence electrons. The van der Waals surface area contributed by atoms with Gasteiger partial charge in [-0.05, 0) is 44.5 Å². The Hall–Kier alpha value is -4.51. The van der Waals surface area contributed by atoms with Gasteiger partial charge in [0, 0.05) is 29.8 Å². The molecule has 0 atom stereocenters. The summed E-state index contributed by atoms with van der Waals surface area (Å²) in [5.74, 6) is 1.89. The number of hydrogen-bond donors (Lipinski definition) is 3. The molecular weight excluding hydrogens is 496 g/mol. The summed E-state index contributed by atoms with van der Waals surface area (Å²) in [5.41, 5.74) is 4.06. The third-order valence-corrected chi connectivity index (χ3v) is 5.14. The maximum atomic E-state index is 10.9. The first-order valence-electron chi connectivity index (χ1n) is 11.3. The van der Waals surface area contributed by atoms with Crippen molar-refractivity contribution in [1.82, 2.24) is 15.0 Å². The zero-order valence-electron chi connectivity index (χ0n) is 20.4. The molecule has 2 heterocycles. The molecule has 0 spiro atoms. The van der Waals surface area contributed by atoms with E-state index in [-0.39, 0.29) is 22.2 Å². The highest BCUT2D eigenvalue weighted by Crippen LogP contribution is 2.32. The number of hydrogen-bond acceptors (Lipinski definition) is 10. The van der Waals surface area contributed by atoms with E-state index in [1.54, 1.807) is 12.1 Å². The number of rotatable bonds is 9. The van der Waals surface area contributed by atoms with Gasteiger partial charge in [-0.3, -0.25) is 10.1 Å². The van der Waals surface area contributed by atoms with Crippen molar-refractivity contribution in [3.8, 4) is 11.3 Å². The molecular formula is C25H25ClN8O3. The molecule has 3 N–H and O–H groups in total. The van der Waals surface area contributed by atoms with Gasteiger partial charge in [-0.25, -0.2) is 5.43 Å². The fourth-order valence-electron chi connectivity index (χ4n) is 3.21. The van der Waals surface area contributed by atoms with Crippen LogP contribution in [0.3, 0.4) is 0 Å². The summed E-state index contributed by atoms with van der Waals surface area (Å²) in [6.45, 7) is 6.56. The number of nitrogens with zero attached hydrogens (tertiary/aromatic N) is 5. The van der Waals surface area contributed by atoms with Gasteiger partial charge in [0.15, 0.2) is 0 Å². The van der Waals surface area contributed by atoms with Gasteiger partial charge in [0.05, 0.1) is 16.2 Å². The highest BCUT2D eigenvalue weighted by atomic mass is 35.5. The first-order valence-corrected chi connectivity index (χ1v) is 11.7. The van der Waals surface area contributed by atoms with Crippen LogP contribution in [0.25, 0.3) is 11.3 Å². The fourth-order valence-corrected chi connectivity index (χ4v) is 3.48. The Kier molecular flexibility index (Phi) is 7.63. The molecule has 0 unspecified atom stereocenters. The molecule has 4 rings (SSSR count). The average molecular weight is 521 g/mol. The van der Waals surface area contributed by atoms with Crippen LogP contribution in [-0.4, -0.2) is 31.6 Å². The van der Waals surface area contributed by atoms with Crippen molar-refractivity contribution in [2.45, 2.75) is 32.9 Å². The predicted molar refractivity (Wildman–Crippen MR) is 144 cm³/mol. The van der Waals surface area contributed by atoms with E-state index < -0.39 is 4.92 Å². The van der Waals surface area contributed by atoms with E-state index in [2.05, 4.69) is 36.1 Å². The van der Waals surface area contributed by atoms with Crippen LogP contribution in [0.1, 0.15) is 32.1 Å². The first kappa shape index (κ1) is 25.6. The zero-order chi connectivity index (χ0) is 26.4. The number of anilines is 3. The number of nitro benzene ring substituents is 1. The van der Waals surface area contributed by atoms with Crippen LogP contribution in [0, 0.1) is 10.1 Å². The molecule has 0 saturated carbocycles. The third-order valence-electron chi connectivity index (χ3n) is 4.83. The van der Waals surface area contributed by atoms with Crippen LogP contribution in [0.2, 0.25) is 5.02 Å². The van der Waals surface area contributed by atoms with Gasteiger partial charge in [-0.1, -0.05) is 41.9 Å². The number of nitrogens with one attached hydrogen (secondary N) is 3. The predicted octanol–water partition coefficient (Wildman–Crippen LogP) is 5.96. The van der Waals surface area contributed by atoms with Crippen molar-refractivity contribution in [3.63, 3.8) is 0 Å². The summed E-state index contributed by atoms with van der Waals surface area (Å²) in [6.07, 6.45) is 1.46. The van der Waals surface area contributed by atoms with E-state index in [1.807, 2.05) is 51.1 Å². The second-order valence-electron chi connectivity index (χ2n) is 9.01. The number of nitro groups is 1. The second kappa shape index (κ2) is 11.0. The largest absolute Gasteiger partial charge is 0.455 e. The Morgan fingerprint density at radius 3 is 2.46 bits per heavy atom. The number of furan rings is 1. The van der Waals surface area contributed by atoms with Crippen molar-refractivity contribution >= 4 is 41.3 Å². The standard InChI is InChI=1S/C25H25ClN8O3/c1-25(2,3)32-23-29-22(27-14-16-7-5-4-6-8-16)30-24(31-23)33-28-15-18-10-12-21(37-18)19-11-9-17(34(35)36)13-20(19)26/h4-13,15H,14H2,1-3H3,(H3,27,29,30,31,32,33).